The summed E-state index contributed by atoms with van der Waals surface area (Å²) in [6.07, 6.45) is 7.12. The molecule has 33 heavy (non-hydrogen) atoms. The van der Waals surface area contributed by atoms with Crippen molar-refractivity contribution in [2.75, 3.05) is 5.32 Å². The zero-order chi connectivity index (χ0) is 22.6. The van der Waals surface area contributed by atoms with Gasteiger partial charge in [0, 0.05) is 34.6 Å². The number of rotatable bonds is 6. The molecule has 3 aromatic heterocycles. The number of hydrogen-bond acceptors (Lipinski definition) is 5. The summed E-state index contributed by atoms with van der Waals surface area (Å²) in [6.45, 7) is 0. The molecule has 0 bridgehead atoms. The molecule has 1 atom stereocenters. The summed E-state index contributed by atoms with van der Waals surface area (Å²) < 4.78 is 1.74. The van der Waals surface area contributed by atoms with E-state index >= 15 is 0 Å². The first-order valence-corrected chi connectivity index (χ1v) is 10.4. The van der Waals surface area contributed by atoms with Crippen molar-refractivity contribution in [1.29, 1.82) is 5.26 Å². The zero-order valence-corrected chi connectivity index (χ0v) is 17.5. The number of anilines is 1. The molecule has 0 fully saturated rings. The molecule has 0 saturated carbocycles. The number of fused-ring (bicyclic) bond motifs is 1. The molecular weight excluding hydrogens is 414 g/mol. The molecule has 0 radical (unpaired) electrons. The van der Waals surface area contributed by atoms with Crippen molar-refractivity contribution >= 4 is 22.6 Å². The average molecular weight is 433 g/mol. The Morgan fingerprint density at radius 1 is 1.12 bits per heavy atom. The quantitative estimate of drug-likeness (QED) is 0.407. The lowest BCUT2D eigenvalue weighted by molar-refractivity contribution is 0.102. The van der Waals surface area contributed by atoms with Gasteiger partial charge >= 0.3 is 0 Å². The average Bonchev–Trinajstić information content (AvgIpc) is 3.53. The molecule has 3 heterocycles. The predicted molar refractivity (Wildman–Crippen MR) is 124 cm³/mol. The topological polar surface area (TPSA) is 112 Å². The molecule has 5 aromatic rings. The lowest BCUT2D eigenvalue weighted by atomic mass is 10.0. The van der Waals surface area contributed by atoms with Crippen molar-refractivity contribution in [2.24, 2.45) is 0 Å². The van der Waals surface area contributed by atoms with E-state index in [9.17, 15) is 10.1 Å². The van der Waals surface area contributed by atoms with Gasteiger partial charge in [0.1, 0.15) is 12.0 Å². The fraction of sp³-hybridized carbons (Fsp3) is 0.0800. The molecule has 160 valence electrons. The molecule has 8 nitrogen and oxygen atoms in total. The molecule has 2 N–H and O–H groups in total. The summed E-state index contributed by atoms with van der Waals surface area (Å²) in [7, 11) is 0. The molecule has 5 rings (SSSR count). The summed E-state index contributed by atoms with van der Waals surface area (Å²) >= 11 is 0. The molecule has 0 saturated heterocycles. The minimum atomic E-state index is -0.350. The number of carbonyl (C=O) groups excluding carboxylic acids is 1. The SMILES string of the molecule is N#CCC(c1cccc(C(=O)Nc2ccccc2)c1)n1cc(-c2ncnc3[nH]ccc23)cn1. The van der Waals surface area contributed by atoms with Crippen molar-refractivity contribution in [2.45, 2.75) is 12.5 Å². The Morgan fingerprint density at radius 3 is 2.85 bits per heavy atom. The van der Waals surface area contributed by atoms with Crippen molar-refractivity contribution < 1.29 is 4.79 Å². The van der Waals surface area contributed by atoms with Crippen LogP contribution in [0.1, 0.15) is 28.4 Å². The van der Waals surface area contributed by atoms with E-state index in [1.165, 1.54) is 6.33 Å². The van der Waals surface area contributed by atoms with Crippen LogP contribution < -0.4 is 5.32 Å². The van der Waals surface area contributed by atoms with Crippen molar-refractivity contribution in [3.8, 4) is 17.3 Å². The van der Waals surface area contributed by atoms with Gasteiger partial charge in [-0.25, -0.2) is 9.97 Å². The van der Waals surface area contributed by atoms with Crippen LogP contribution in [0.2, 0.25) is 0 Å². The Kier molecular flexibility index (Phi) is 5.35. The van der Waals surface area contributed by atoms with Gasteiger partial charge in [-0.05, 0) is 35.9 Å². The van der Waals surface area contributed by atoms with E-state index in [0.29, 0.717) is 5.56 Å². The summed E-state index contributed by atoms with van der Waals surface area (Å²) in [5.74, 6) is -0.212. The van der Waals surface area contributed by atoms with E-state index in [1.807, 2.05) is 60.9 Å². The van der Waals surface area contributed by atoms with Gasteiger partial charge in [0.15, 0.2) is 0 Å². The second-order valence-electron chi connectivity index (χ2n) is 7.49. The van der Waals surface area contributed by atoms with E-state index in [-0.39, 0.29) is 18.4 Å². The first-order valence-electron chi connectivity index (χ1n) is 10.4. The first-order chi connectivity index (χ1) is 16.2. The number of benzene rings is 2. The summed E-state index contributed by atoms with van der Waals surface area (Å²) in [5, 5.41) is 17.8. The molecule has 1 unspecified atom stereocenters. The third-order valence-electron chi connectivity index (χ3n) is 5.40. The molecule has 0 aliphatic rings. The fourth-order valence-electron chi connectivity index (χ4n) is 3.80. The Balaban J connectivity index is 1.45. The number of nitriles is 1. The number of aromatic amines is 1. The molecule has 2 aromatic carbocycles. The lowest BCUT2D eigenvalue weighted by Crippen LogP contribution is -2.14. The summed E-state index contributed by atoms with van der Waals surface area (Å²) in [5.41, 5.74) is 4.39. The second-order valence-corrected chi connectivity index (χ2v) is 7.49. The normalized spacial score (nSPS) is 11.7. The lowest BCUT2D eigenvalue weighted by Gasteiger charge is -2.16. The number of carbonyl (C=O) groups is 1. The number of nitrogens with one attached hydrogen (secondary N) is 2. The van der Waals surface area contributed by atoms with Gasteiger partial charge in [0.2, 0.25) is 0 Å². The van der Waals surface area contributed by atoms with Gasteiger partial charge in [-0.15, -0.1) is 0 Å². The molecule has 0 aliphatic carbocycles. The van der Waals surface area contributed by atoms with Gasteiger partial charge in [-0.1, -0.05) is 30.3 Å². The van der Waals surface area contributed by atoms with Crippen LogP contribution in [-0.4, -0.2) is 30.6 Å². The molecule has 8 heteroatoms. The van der Waals surface area contributed by atoms with Gasteiger partial charge in [-0.3, -0.25) is 9.48 Å². The van der Waals surface area contributed by atoms with Crippen molar-refractivity contribution in [1.82, 2.24) is 24.7 Å². The number of aromatic nitrogens is 5. The molecule has 0 spiro atoms. The molecular formula is C25H19N7O. The maximum Gasteiger partial charge on any atom is 0.255 e. The third-order valence-corrected chi connectivity index (χ3v) is 5.40. The minimum Gasteiger partial charge on any atom is -0.346 e. The van der Waals surface area contributed by atoms with Crippen LogP contribution in [0, 0.1) is 11.3 Å². The monoisotopic (exact) mass is 433 g/mol. The molecule has 1 amide bonds. The van der Waals surface area contributed by atoms with Gasteiger partial charge in [0.05, 0.1) is 30.4 Å². The van der Waals surface area contributed by atoms with Crippen LogP contribution >= 0.6 is 0 Å². The van der Waals surface area contributed by atoms with Crippen molar-refractivity contribution in [3.63, 3.8) is 0 Å². The number of H-pyrrole nitrogens is 1. The highest BCUT2D eigenvalue weighted by atomic mass is 16.1. The van der Waals surface area contributed by atoms with Gasteiger partial charge in [0.25, 0.3) is 5.91 Å². The van der Waals surface area contributed by atoms with Crippen LogP contribution in [-0.2, 0) is 0 Å². The first kappa shape index (κ1) is 20.2. The second kappa shape index (κ2) is 8.77. The fourth-order valence-corrected chi connectivity index (χ4v) is 3.80. The summed E-state index contributed by atoms with van der Waals surface area (Å²) in [6, 6.07) is 20.4. The number of para-hydroxylation sites is 1. The Hall–Kier alpha value is -4.77. The van der Waals surface area contributed by atoms with E-state index in [1.54, 1.807) is 23.0 Å². The van der Waals surface area contributed by atoms with E-state index in [0.717, 1.165) is 33.5 Å². The van der Waals surface area contributed by atoms with Crippen LogP contribution in [0.3, 0.4) is 0 Å². The van der Waals surface area contributed by atoms with Crippen molar-refractivity contribution in [3.05, 3.63) is 96.7 Å². The largest absolute Gasteiger partial charge is 0.346 e. The van der Waals surface area contributed by atoms with Crippen LogP contribution in [0.5, 0.6) is 0 Å². The van der Waals surface area contributed by atoms with Gasteiger partial charge in [-0.2, -0.15) is 10.4 Å². The Bertz CT molecular complexity index is 1460. The Morgan fingerprint density at radius 2 is 2.00 bits per heavy atom. The minimum absolute atomic E-state index is 0.203. The Labute approximate surface area is 189 Å². The van der Waals surface area contributed by atoms with E-state index < -0.39 is 0 Å². The van der Waals surface area contributed by atoms with Gasteiger partial charge < -0.3 is 10.3 Å². The van der Waals surface area contributed by atoms with E-state index in [2.05, 4.69) is 31.4 Å². The van der Waals surface area contributed by atoms with Crippen LogP contribution in [0.4, 0.5) is 5.69 Å². The highest BCUT2D eigenvalue weighted by molar-refractivity contribution is 6.04. The highest BCUT2D eigenvalue weighted by Crippen LogP contribution is 2.28. The zero-order valence-electron chi connectivity index (χ0n) is 17.5. The third kappa shape index (κ3) is 4.07. The van der Waals surface area contributed by atoms with E-state index in [4.69, 9.17) is 0 Å². The van der Waals surface area contributed by atoms with Crippen LogP contribution in [0.25, 0.3) is 22.3 Å². The number of nitrogens with zero attached hydrogens (tertiary/aromatic N) is 5. The number of hydrogen-bond donors (Lipinski definition) is 2. The maximum atomic E-state index is 12.8. The summed E-state index contributed by atoms with van der Waals surface area (Å²) in [4.78, 5) is 24.5. The predicted octanol–water partition coefficient (Wildman–Crippen LogP) is 4.58. The van der Waals surface area contributed by atoms with Crippen LogP contribution in [0.15, 0.2) is 85.6 Å². The smallest absolute Gasteiger partial charge is 0.255 e. The standard InChI is InChI=1S/C25H19N7O/c26-11-9-22(17-5-4-6-18(13-17)25(33)31-20-7-2-1-3-8-20)32-15-19(14-30-32)23-21-10-12-27-24(21)29-16-28-23/h1-8,10,12-16,22H,9H2,(H,31,33)(H,27,28,29). The number of amides is 1. The maximum absolute atomic E-state index is 12.8. The highest BCUT2D eigenvalue weighted by Gasteiger charge is 2.18. The molecule has 0 aliphatic heterocycles.